The van der Waals surface area contributed by atoms with Crippen LogP contribution in [0.5, 0.6) is 5.75 Å². The monoisotopic (exact) mass is 253 g/mol. The summed E-state index contributed by atoms with van der Waals surface area (Å²) in [5, 5.41) is 19.9. The van der Waals surface area contributed by atoms with Crippen LogP contribution in [0.2, 0.25) is 0 Å². The lowest BCUT2D eigenvalue weighted by atomic mass is 10.1. The lowest BCUT2D eigenvalue weighted by molar-refractivity contribution is -0.385. The van der Waals surface area contributed by atoms with Crippen LogP contribution >= 0.6 is 0 Å². The standard InChI is InChI=1S/C12H15NO5/c14-8-9-7-10(13(15)16)1-2-12(9)18-11-3-5-17-6-4-11/h1-2,7,11,14H,3-6,8H2. The van der Waals surface area contributed by atoms with E-state index in [4.69, 9.17) is 9.47 Å². The zero-order chi connectivity index (χ0) is 13.0. The van der Waals surface area contributed by atoms with Gasteiger partial charge >= 0.3 is 0 Å². The van der Waals surface area contributed by atoms with Crippen molar-refractivity contribution >= 4 is 5.69 Å². The molecule has 1 saturated heterocycles. The molecule has 0 aliphatic carbocycles. The Kier molecular flexibility index (Phi) is 4.11. The van der Waals surface area contributed by atoms with Crippen molar-refractivity contribution in [1.82, 2.24) is 0 Å². The fourth-order valence-electron chi connectivity index (χ4n) is 1.89. The van der Waals surface area contributed by atoms with E-state index >= 15 is 0 Å². The summed E-state index contributed by atoms with van der Waals surface area (Å²) < 4.78 is 11.0. The second-order valence-corrected chi connectivity index (χ2v) is 4.14. The molecule has 0 saturated carbocycles. The van der Waals surface area contributed by atoms with E-state index in [9.17, 15) is 15.2 Å². The van der Waals surface area contributed by atoms with Gasteiger partial charge in [-0.05, 0) is 6.07 Å². The van der Waals surface area contributed by atoms with Gasteiger partial charge in [0.25, 0.3) is 5.69 Å². The van der Waals surface area contributed by atoms with Gasteiger partial charge in [0, 0.05) is 30.5 Å². The fraction of sp³-hybridized carbons (Fsp3) is 0.500. The number of nitro groups is 1. The summed E-state index contributed by atoms with van der Waals surface area (Å²) in [4.78, 5) is 10.1. The predicted octanol–water partition coefficient (Wildman–Crippen LogP) is 1.64. The minimum Gasteiger partial charge on any atom is -0.490 e. The van der Waals surface area contributed by atoms with Crippen LogP contribution in [0.4, 0.5) is 5.69 Å². The Morgan fingerprint density at radius 3 is 2.78 bits per heavy atom. The summed E-state index contributed by atoms with van der Waals surface area (Å²) in [5.74, 6) is 0.509. The van der Waals surface area contributed by atoms with Gasteiger partial charge < -0.3 is 14.6 Å². The van der Waals surface area contributed by atoms with Gasteiger partial charge in [0.1, 0.15) is 11.9 Å². The largest absolute Gasteiger partial charge is 0.490 e. The molecule has 1 aromatic carbocycles. The molecular formula is C12H15NO5. The van der Waals surface area contributed by atoms with Crippen LogP contribution in [0.3, 0.4) is 0 Å². The highest BCUT2D eigenvalue weighted by Gasteiger charge is 2.18. The first-order chi connectivity index (χ1) is 8.70. The summed E-state index contributed by atoms with van der Waals surface area (Å²) in [6.07, 6.45) is 1.63. The molecule has 6 heteroatoms. The molecule has 0 unspecified atom stereocenters. The maximum Gasteiger partial charge on any atom is 0.270 e. The molecule has 1 fully saturated rings. The summed E-state index contributed by atoms with van der Waals surface area (Å²) in [6, 6.07) is 4.27. The molecule has 0 bridgehead atoms. The minimum atomic E-state index is -0.489. The van der Waals surface area contributed by atoms with E-state index in [1.165, 1.54) is 12.1 Å². The maximum atomic E-state index is 10.6. The molecule has 18 heavy (non-hydrogen) atoms. The average molecular weight is 253 g/mol. The van der Waals surface area contributed by atoms with Crippen LogP contribution in [0.1, 0.15) is 18.4 Å². The first-order valence-electron chi connectivity index (χ1n) is 5.83. The Bertz CT molecular complexity index is 428. The Morgan fingerprint density at radius 1 is 1.44 bits per heavy atom. The van der Waals surface area contributed by atoms with Gasteiger partial charge in [0.05, 0.1) is 24.7 Å². The third kappa shape index (κ3) is 2.96. The van der Waals surface area contributed by atoms with Gasteiger partial charge in [-0.25, -0.2) is 0 Å². The van der Waals surface area contributed by atoms with Gasteiger partial charge in [0.15, 0.2) is 0 Å². The lowest BCUT2D eigenvalue weighted by Gasteiger charge is -2.24. The second kappa shape index (κ2) is 5.79. The number of rotatable bonds is 4. The summed E-state index contributed by atoms with van der Waals surface area (Å²) in [5.41, 5.74) is 0.397. The van der Waals surface area contributed by atoms with Gasteiger partial charge in [-0.1, -0.05) is 0 Å². The number of hydrogen-bond donors (Lipinski definition) is 1. The molecule has 6 nitrogen and oxygen atoms in total. The summed E-state index contributed by atoms with van der Waals surface area (Å²) in [7, 11) is 0. The van der Waals surface area contributed by atoms with Crippen LogP contribution in [-0.4, -0.2) is 29.3 Å². The molecule has 0 spiro atoms. The highest BCUT2D eigenvalue weighted by molar-refractivity contribution is 5.43. The van der Waals surface area contributed by atoms with Gasteiger partial charge in [-0.3, -0.25) is 10.1 Å². The van der Waals surface area contributed by atoms with E-state index in [0.29, 0.717) is 24.5 Å². The van der Waals surface area contributed by atoms with Crippen molar-refractivity contribution in [2.24, 2.45) is 0 Å². The molecule has 0 amide bonds. The molecular weight excluding hydrogens is 238 g/mol. The SMILES string of the molecule is O=[N+]([O-])c1ccc(OC2CCOCC2)c(CO)c1. The lowest BCUT2D eigenvalue weighted by Crippen LogP contribution is -2.26. The number of non-ortho nitro benzene ring substituents is 1. The number of nitrogens with zero attached hydrogens (tertiary/aromatic N) is 1. The van der Waals surface area contributed by atoms with Gasteiger partial charge in [-0.2, -0.15) is 0 Å². The molecule has 0 atom stereocenters. The second-order valence-electron chi connectivity index (χ2n) is 4.14. The maximum absolute atomic E-state index is 10.6. The highest BCUT2D eigenvalue weighted by Crippen LogP contribution is 2.26. The average Bonchev–Trinajstić information content (AvgIpc) is 2.40. The predicted molar refractivity (Wildman–Crippen MR) is 63.5 cm³/mol. The first-order valence-corrected chi connectivity index (χ1v) is 5.83. The molecule has 0 aromatic heterocycles. The summed E-state index contributed by atoms with van der Waals surface area (Å²) in [6.45, 7) is 1.04. The highest BCUT2D eigenvalue weighted by atomic mass is 16.6. The van der Waals surface area contributed by atoms with Crippen molar-refractivity contribution in [2.45, 2.75) is 25.6 Å². The minimum absolute atomic E-state index is 0.0432. The van der Waals surface area contributed by atoms with Crippen LogP contribution in [0.25, 0.3) is 0 Å². The van der Waals surface area contributed by atoms with Crippen molar-refractivity contribution in [3.8, 4) is 5.75 Å². The first kappa shape index (κ1) is 12.8. The Balaban J connectivity index is 2.13. The van der Waals surface area contributed by atoms with Crippen molar-refractivity contribution in [3.05, 3.63) is 33.9 Å². The molecule has 1 N–H and O–H groups in total. The van der Waals surface area contributed by atoms with Gasteiger partial charge in [-0.15, -0.1) is 0 Å². The molecule has 1 aliphatic rings. The molecule has 1 aromatic rings. The van der Waals surface area contributed by atoms with E-state index in [2.05, 4.69) is 0 Å². The number of aliphatic hydroxyl groups is 1. The van der Waals surface area contributed by atoms with Crippen LogP contribution < -0.4 is 4.74 Å². The molecule has 0 radical (unpaired) electrons. The van der Waals surface area contributed by atoms with Crippen LogP contribution in [-0.2, 0) is 11.3 Å². The number of hydrogen-bond acceptors (Lipinski definition) is 5. The van der Waals surface area contributed by atoms with Crippen molar-refractivity contribution in [3.63, 3.8) is 0 Å². The quantitative estimate of drug-likeness (QED) is 0.651. The van der Waals surface area contributed by atoms with Crippen molar-refractivity contribution in [1.29, 1.82) is 0 Å². The normalized spacial score (nSPS) is 16.5. The number of ether oxygens (including phenoxy) is 2. The smallest absolute Gasteiger partial charge is 0.270 e. The van der Waals surface area contributed by atoms with E-state index in [-0.39, 0.29) is 18.4 Å². The third-order valence-electron chi connectivity index (χ3n) is 2.89. The van der Waals surface area contributed by atoms with Crippen LogP contribution in [0, 0.1) is 10.1 Å². The van der Waals surface area contributed by atoms with E-state index in [1.807, 2.05) is 0 Å². The Morgan fingerprint density at radius 2 is 2.17 bits per heavy atom. The molecule has 1 heterocycles. The van der Waals surface area contributed by atoms with E-state index < -0.39 is 4.92 Å². The topological polar surface area (TPSA) is 81.8 Å². The zero-order valence-electron chi connectivity index (χ0n) is 9.87. The van der Waals surface area contributed by atoms with E-state index in [1.54, 1.807) is 6.07 Å². The Hall–Kier alpha value is -1.66. The zero-order valence-corrected chi connectivity index (χ0v) is 9.87. The summed E-state index contributed by atoms with van der Waals surface area (Å²) >= 11 is 0. The number of benzene rings is 1. The van der Waals surface area contributed by atoms with Crippen molar-refractivity contribution in [2.75, 3.05) is 13.2 Å². The molecule has 1 aliphatic heterocycles. The molecule has 98 valence electrons. The third-order valence-corrected chi connectivity index (χ3v) is 2.89. The Labute approximate surface area is 104 Å². The van der Waals surface area contributed by atoms with Gasteiger partial charge in [0.2, 0.25) is 0 Å². The number of aliphatic hydroxyl groups excluding tert-OH is 1. The van der Waals surface area contributed by atoms with Crippen molar-refractivity contribution < 1.29 is 19.5 Å². The number of nitro benzene ring substituents is 1. The fourth-order valence-corrected chi connectivity index (χ4v) is 1.89. The molecule has 2 rings (SSSR count). The van der Waals surface area contributed by atoms with E-state index in [0.717, 1.165) is 12.8 Å². The van der Waals surface area contributed by atoms with Crippen LogP contribution in [0.15, 0.2) is 18.2 Å².